The molecule has 1 N–H and O–H groups in total. The molecule has 6 heteroatoms. The Morgan fingerprint density at radius 2 is 1.80 bits per heavy atom. The molecule has 3 aromatic carbocycles. The lowest BCUT2D eigenvalue weighted by molar-refractivity contribution is 0.0224. The van der Waals surface area contributed by atoms with E-state index in [1.807, 2.05) is 37.4 Å². The highest BCUT2D eigenvalue weighted by molar-refractivity contribution is 5.97. The second-order valence-corrected chi connectivity index (χ2v) is 7.43. The van der Waals surface area contributed by atoms with E-state index in [0.29, 0.717) is 33.8 Å². The van der Waals surface area contributed by atoms with Crippen molar-refractivity contribution in [3.05, 3.63) is 88.5 Å². The van der Waals surface area contributed by atoms with E-state index < -0.39 is 17.5 Å². The molecule has 1 unspecified atom stereocenters. The Hall–Kier alpha value is -3.80. The number of aromatic carboxylic acids is 1. The fraction of sp³-hybridized carbons (Fsp3) is 0.167. The second kappa shape index (κ2) is 6.35. The number of esters is 1. The molecule has 1 spiro atoms. The number of carbonyl (C=O) groups is 2. The van der Waals surface area contributed by atoms with Gasteiger partial charge in [0.05, 0.1) is 11.1 Å². The van der Waals surface area contributed by atoms with Crippen LogP contribution in [-0.2, 0) is 10.3 Å². The largest absolute Gasteiger partial charge is 0.478 e. The van der Waals surface area contributed by atoms with Gasteiger partial charge in [-0.25, -0.2) is 9.59 Å². The number of benzene rings is 3. The molecule has 30 heavy (non-hydrogen) atoms. The Kier molecular flexibility index (Phi) is 3.86. The summed E-state index contributed by atoms with van der Waals surface area (Å²) in [5.41, 5.74) is 2.13. The summed E-state index contributed by atoms with van der Waals surface area (Å²) in [4.78, 5) is 26.5. The number of rotatable bonds is 3. The highest BCUT2D eigenvalue weighted by Crippen LogP contribution is 2.56. The molecule has 1 atom stereocenters. The molecule has 6 nitrogen and oxygen atoms in total. The van der Waals surface area contributed by atoms with Crippen LogP contribution in [0.3, 0.4) is 0 Å². The summed E-state index contributed by atoms with van der Waals surface area (Å²) in [5.74, 6) is -0.461. The molecule has 5 rings (SSSR count). The minimum Gasteiger partial charge on any atom is -0.478 e. The number of hydrogen-bond donors (Lipinski definition) is 1. The van der Waals surface area contributed by atoms with Crippen LogP contribution in [0.25, 0.3) is 0 Å². The van der Waals surface area contributed by atoms with Crippen molar-refractivity contribution in [1.29, 1.82) is 0 Å². The summed E-state index contributed by atoms with van der Waals surface area (Å²) >= 11 is 0. The Morgan fingerprint density at radius 3 is 2.57 bits per heavy atom. The first kappa shape index (κ1) is 18.2. The van der Waals surface area contributed by atoms with Gasteiger partial charge in [0.25, 0.3) is 0 Å². The van der Waals surface area contributed by atoms with Gasteiger partial charge in [-0.3, -0.25) is 0 Å². The van der Waals surface area contributed by atoms with E-state index >= 15 is 0 Å². The Labute approximate surface area is 173 Å². The van der Waals surface area contributed by atoms with E-state index in [0.717, 1.165) is 12.2 Å². The number of hydrogen-bond acceptors (Lipinski definition) is 5. The predicted molar refractivity (Wildman–Crippen MR) is 111 cm³/mol. The zero-order valence-electron chi connectivity index (χ0n) is 16.5. The van der Waals surface area contributed by atoms with Crippen molar-refractivity contribution in [2.75, 3.05) is 18.5 Å². The molecule has 0 saturated carbocycles. The normalized spacial score (nSPS) is 18.1. The van der Waals surface area contributed by atoms with E-state index in [2.05, 4.69) is 11.8 Å². The predicted octanol–water partition coefficient (Wildman–Crippen LogP) is 4.41. The van der Waals surface area contributed by atoms with Gasteiger partial charge in [-0.2, -0.15) is 0 Å². The minimum absolute atomic E-state index is 0.0999. The molecule has 0 saturated heterocycles. The molecule has 150 valence electrons. The number of anilines is 1. The summed E-state index contributed by atoms with van der Waals surface area (Å²) in [7, 11) is 1.98. The molecule has 0 fully saturated rings. The number of carboxylic acid groups (broad SMARTS) is 1. The van der Waals surface area contributed by atoms with Crippen molar-refractivity contribution in [2.24, 2.45) is 0 Å². The zero-order chi connectivity index (χ0) is 21.0. The minimum atomic E-state index is -1.26. The molecular weight excluding hydrogens is 382 g/mol. The lowest BCUT2D eigenvalue weighted by Gasteiger charge is -2.37. The number of nitrogens with zero attached hydrogens (tertiary/aromatic N) is 1. The first-order valence-corrected chi connectivity index (χ1v) is 9.70. The molecule has 2 aliphatic heterocycles. The van der Waals surface area contributed by atoms with Crippen LogP contribution in [0.5, 0.6) is 11.5 Å². The third kappa shape index (κ3) is 2.37. The smallest absolute Gasteiger partial charge is 0.340 e. The summed E-state index contributed by atoms with van der Waals surface area (Å²) in [5, 5.41) is 9.53. The lowest BCUT2D eigenvalue weighted by atomic mass is 9.77. The maximum absolute atomic E-state index is 12.8. The van der Waals surface area contributed by atoms with Crippen molar-refractivity contribution in [2.45, 2.75) is 12.5 Å². The Balaban J connectivity index is 1.83. The van der Waals surface area contributed by atoms with Gasteiger partial charge in [-0.15, -0.1) is 0 Å². The molecule has 0 bridgehead atoms. The molecule has 0 aliphatic carbocycles. The fourth-order valence-corrected chi connectivity index (χ4v) is 4.21. The molecule has 0 radical (unpaired) electrons. The molecule has 0 amide bonds. The SMILES string of the molecule is CCN(C)c1ccc2c(c1)Oc1ccc(C(=O)O)cc1C21OC(=O)c2ccccc21. The van der Waals surface area contributed by atoms with Crippen molar-refractivity contribution < 1.29 is 24.2 Å². The third-order valence-electron chi connectivity index (χ3n) is 5.86. The number of ether oxygens (including phenoxy) is 2. The van der Waals surface area contributed by atoms with Gasteiger partial charge < -0.3 is 19.5 Å². The molecular formula is C24H19NO5. The summed E-state index contributed by atoms with van der Waals surface area (Å²) < 4.78 is 12.2. The highest BCUT2D eigenvalue weighted by Gasteiger charge is 2.53. The summed E-state index contributed by atoms with van der Waals surface area (Å²) in [6, 6.07) is 17.6. The molecule has 2 heterocycles. The monoisotopic (exact) mass is 401 g/mol. The summed E-state index contributed by atoms with van der Waals surface area (Å²) in [6.07, 6.45) is 0. The maximum atomic E-state index is 12.8. The average molecular weight is 401 g/mol. The van der Waals surface area contributed by atoms with E-state index in [1.165, 1.54) is 12.1 Å². The third-order valence-corrected chi connectivity index (χ3v) is 5.86. The first-order chi connectivity index (χ1) is 14.5. The van der Waals surface area contributed by atoms with Crippen LogP contribution < -0.4 is 9.64 Å². The van der Waals surface area contributed by atoms with Crippen molar-refractivity contribution in [3.63, 3.8) is 0 Å². The topological polar surface area (TPSA) is 76.1 Å². The van der Waals surface area contributed by atoms with Crippen LogP contribution in [0.1, 0.15) is 44.3 Å². The van der Waals surface area contributed by atoms with E-state index in [1.54, 1.807) is 18.2 Å². The van der Waals surface area contributed by atoms with Crippen LogP contribution >= 0.6 is 0 Å². The Bertz CT molecular complexity index is 1220. The number of carboxylic acids is 1. The first-order valence-electron chi connectivity index (χ1n) is 9.70. The van der Waals surface area contributed by atoms with E-state index in [4.69, 9.17) is 9.47 Å². The van der Waals surface area contributed by atoms with Crippen molar-refractivity contribution in [3.8, 4) is 11.5 Å². The van der Waals surface area contributed by atoms with Gasteiger partial charge >= 0.3 is 11.9 Å². The fourth-order valence-electron chi connectivity index (χ4n) is 4.21. The van der Waals surface area contributed by atoms with Gasteiger partial charge in [0, 0.05) is 42.0 Å². The maximum Gasteiger partial charge on any atom is 0.340 e. The quantitative estimate of drug-likeness (QED) is 0.655. The summed E-state index contributed by atoms with van der Waals surface area (Å²) in [6.45, 7) is 2.87. The van der Waals surface area contributed by atoms with Gasteiger partial charge in [-0.05, 0) is 43.3 Å². The van der Waals surface area contributed by atoms with E-state index in [-0.39, 0.29) is 5.56 Å². The van der Waals surface area contributed by atoms with Gasteiger partial charge in [-0.1, -0.05) is 18.2 Å². The number of fused-ring (bicyclic) bond motifs is 6. The number of carbonyl (C=O) groups excluding carboxylic acids is 1. The van der Waals surface area contributed by atoms with E-state index in [9.17, 15) is 14.7 Å². The lowest BCUT2D eigenvalue weighted by Crippen LogP contribution is -2.33. The van der Waals surface area contributed by atoms with Crippen LogP contribution in [0.4, 0.5) is 5.69 Å². The molecule has 0 aromatic heterocycles. The van der Waals surface area contributed by atoms with Gasteiger partial charge in [0.15, 0.2) is 5.60 Å². The highest BCUT2D eigenvalue weighted by atomic mass is 16.6. The van der Waals surface area contributed by atoms with Crippen molar-refractivity contribution in [1.82, 2.24) is 0 Å². The average Bonchev–Trinajstić information content (AvgIpc) is 3.06. The van der Waals surface area contributed by atoms with Crippen LogP contribution in [0, 0.1) is 0 Å². The van der Waals surface area contributed by atoms with Crippen LogP contribution in [-0.4, -0.2) is 30.6 Å². The van der Waals surface area contributed by atoms with Gasteiger partial charge in [0.1, 0.15) is 11.5 Å². The van der Waals surface area contributed by atoms with Gasteiger partial charge in [0.2, 0.25) is 0 Å². The molecule has 2 aliphatic rings. The second-order valence-electron chi connectivity index (χ2n) is 7.43. The zero-order valence-corrected chi connectivity index (χ0v) is 16.5. The van der Waals surface area contributed by atoms with Crippen molar-refractivity contribution >= 4 is 17.6 Å². The van der Waals surface area contributed by atoms with Crippen LogP contribution in [0.2, 0.25) is 0 Å². The molecule has 3 aromatic rings. The Morgan fingerprint density at radius 1 is 1.00 bits per heavy atom. The standard InChI is InChI=1S/C24H19NO5/c1-3-25(2)15-9-10-18-21(13-15)29-20-11-8-14(22(26)27)12-19(20)24(18)17-7-5-4-6-16(17)23(28)30-24/h4-13H,3H2,1-2H3,(H,26,27). The van der Waals surface area contributed by atoms with Crippen LogP contribution in [0.15, 0.2) is 60.7 Å².